The number of benzene rings is 1. The van der Waals surface area contributed by atoms with E-state index < -0.39 is 0 Å². The second kappa shape index (κ2) is 7.54. The molecule has 2 aromatic rings. The summed E-state index contributed by atoms with van der Waals surface area (Å²) in [5.74, 6) is 1.68. The Labute approximate surface area is 127 Å². The Morgan fingerprint density at radius 3 is 2.33 bits per heavy atom. The van der Waals surface area contributed by atoms with E-state index in [1.807, 2.05) is 12.1 Å². The fraction of sp³-hybridized carbons (Fsp3) is 0.200. The molecule has 2 N–H and O–H groups in total. The van der Waals surface area contributed by atoms with Crippen LogP contribution in [-0.4, -0.2) is 17.6 Å². The minimum atomic E-state index is -0.124. The summed E-state index contributed by atoms with van der Waals surface area (Å²) in [7, 11) is 0. The number of amides is 2. The number of thioether (sulfide) groups is 1. The molecule has 0 saturated carbocycles. The molecule has 0 atom stereocenters. The van der Waals surface area contributed by atoms with Crippen molar-refractivity contribution in [1.82, 2.24) is 0 Å². The lowest BCUT2D eigenvalue weighted by molar-refractivity contribution is -0.114. The first kappa shape index (κ1) is 15.2. The number of carbonyl (C=O) groups excluding carboxylic acids is 2. The van der Waals surface area contributed by atoms with E-state index in [-0.39, 0.29) is 11.8 Å². The average Bonchev–Trinajstić information content (AvgIpc) is 2.93. The van der Waals surface area contributed by atoms with Gasteiger partial charge in [0.1, 0.15) is 5.76 Å². The van der Waals surface area contributed by atoms with Crippen molar-refractivity contribution in [2.45, 2.75) is 12.7 Å². The molecular weight excluding hydrogens is 288 g/mol. The molecule has 6 heteroatoms. The highest BCUT2D eigenvalue weighted by Gasteiger charge is 2.04. The fourth-order valence-corrected chi connectivity index (χ4v) is 2.40. The van der Waals surface area contributed by atoms with Gasteiger partial charge in [0, 0.05) is 18.3 Å². The average molecular weight is 304 g/mol. The molecule has 2 rings (SSSR count). The molecule has 21 heavy (non-hydrogen) atoms. The molecule has 1 heterocycles. The number of anilines is 2. The number of hydrogen-bond donors (Lipinski definition) is 2. The van der Waals surface area contributed by atoms with Gasteiger partial charge >= 0.3 is 0 Å². The quantitative estimate of drug-likeness (QED) is 0.860. The Morgan fingerprint density at radius 1 is 1.10 bits per heavy atom. The van der Waals surface area contributed by atoms with E-state index in [0.29, 0.717) is 22.9 Å². The van der Waals surface area contributed by atoms with Gasteiger partial charge in [-0.1, -0.05) is 0 Å². The van der Waals surface area contributed by atoms with Crippen molar-refractivity contribution < 1.29 is 14.0 Å². The minimum absolute atomic E-state index is 0.0705. The van der Waals surface area contributed by atoms with Crippen LogP contribution >= 0.6 is 11.8 Å². The lowest BCUT2D eigenvalue weighted by atomic mass is 10.3. The van der Waals surface area contributed by atoms with Crippen molar-refractivity contribution in [2.24, 2.45) is 0 Å². The van der Waals surface area contributed by atoms with Crippen LogP contribution in [-0.2, 0) is 15.3 Å². The van der Waals surface area contributed by atoms with Gasteiger partial charge in [-0.15, -0.1) is 11.8 Å². The highest BCUT2D eigenvalue weighted by molar-refractivity contribution is 7.99. The molecule has 2 amide bonds. The summed E-state index contributed by atoms with van der Waals surface area (Å²) in [6, 6.07) is 10.7. The second-order valence-corrected chi connectivity index (χ2v) is 5.36. The predicted octanol–water partition coefficient (Wildman–Crippen LogP) is 3.11. The summed E-state index contributed by atoms with van der Waals surface area (Å²) in [5.41, 5.74) is 1.40. The van der Waals surface area contributed by atoms with E-state index in [1.54, 1.807) is 30.5 Å². The van der Waals surface area contributed by atoms with Crippen molar-refractivity contribution in [3.8, 4) is 0 Å². The zero-order chi connectivity index (χ0) is 15.1. The number of carbonyl (C=O) groups is 2. The maximum atomic E-state index is 11.8. The third-order valence-corrected chi connectivity index (χ3v) is 3.50. The minimum Gasteiger partial charge on any atom is -0.468 e. The summed E-state index contributed by atoms with van der Waals surface area (Å²) < 4.78 is 5.19. The van der Waals surface area contributed by atoms with Crippen LogP contribution in [0.25, 0.3) is 0 Å². The van der Waals surface area contributed by atoms with E-state index in [4.69, 9.17) is 4.42 Å². The number of rotatable bonds is 6. The molecule has 0 saturated heterocycles. The molecule has 110 valence electrons. The Balaban J connectivity index is 1.75. The van der Waals surface area contributed by atoms with Crippen molar-refractivity contribution >= 4 is 35.0 Å². The van der Waals surface area contributed by atoms with Crippen LogP contribution in [0.2, 0.25) is 0 Å². The van der Waals surface area contributed by atoms with Gasteiger partial charge in [0.25, 0.3) is 0 Å². The SMILES string of the molecule is CC(=O)Nc1ccc(NC(=O)CSCc2ccco2)cc1. The highest BCUT2D eigenvalue weighted by atomic mass is 32.2. The Hall–Kier alpha value is -2.21. The van der Waals surface area contributed by atoms with E-state index >= 15 is 0 Å². The first-order valence-corrected chi connectivity index (χ1v) is 7.56. The molecule has 0 fully saturated rings. The van der Waals surface area contributed by atoms with E-state index in [9.17, 15) is 9.59 Å². The summed E-state index contributed by atoms with van der Waals surface area (Å²) >= 11 is 1.49. The third kappa shape index (κ3) is 5.35. The lowest BCUT2D eigenvalue weighted by Gasteiger charge is -2.06. The molecule has 0 aliphatic rings. The molecule has 0 bridgehead atoms. The zero-order valence-electron chi connectivity index (χ0n) is 11.6. The van der Waals surface area contributed by atoms with Crippen LogP contribution in [0.15, 0.2) is 47.1 Å². The number of hydrogen-bond acceptors (Lipinski definition) is 4. The van der Waals surface area contributed by atoms with Crippen LogP contribution < -0.4 is 10.6 Å². The topological polar surface area (TPSA) is 71.3 Å². The second-order valence-electron chi connectivity index (χ2n) is 4.38. The predicted molar refractivity (Wildman–Crippen MR) is 84.2 cm³/mol. The van der Waals surface area contributed by atoms with Crippen LogP contribution in [0.3, 0.4) is 0 Å². The summed E-state index contributed by atoms with van der Waals surface area (Å²) in [4.78, 5) is 22.7. The fourth-order valence-electron chi connectivity index (χ4n) is 1.68. The van der Waals surface area contributed by atoms with Crippen LogP contribution in [0.5, 0.6) is 0 Å². The van der Waals surface area contributed by atoms with Gasteiger partial charge in [-0.3, -0.25) is 9.59 Å². The standard InChI is InChI=1S/C15H16N2O3S/c1-11(18)16-12-4-6-13(7-5-12)17-15(19)10-21-9-14-3-2-8-20-14/h2-8H,9-10H2,1H3,(H,16,18)(H,17,19). The van der Waals surface area contributed by atoms with Crippen molar-refractivity contribution in [3.63, 3.8) is 0 Å². The monoisotopic (exact) mass is 304 g/mol. The van der Waals surface area contributed by atoms with Gasteiger partial charge in [0.05, 0.1) is 17.8 Å². The van der Waals surface area contributed by atoms with E-state index in [0.717, 1.165) is 5.76 Å². The van der Waals surface area contributed by atoms with Crippen LogP contribution in [0.4, 0.5) is 11.4 Å². The van der Waals surface area contributed by atoms with Gasteiger partial charge in [-0.25, -0.2) is 0 Å². The van der Waals surface area contributed by atoms with Crippen molar-refractivity contribution in [3.05, 3.63) is 48.4 Å². The van der Waals surface area contributed by atoms with Gasteiger partial charge in [0.2, 0.25) is 11.8 Å². The van der Waals surface area contributed by atoms with Crippen molar-refractivity contribution in [1.29, 1.82) is 0 Å². The molecule has 1 aromatic heterocycles. The van der Waals surface area contributed by atoms with Crippen LogP contribution in [0.1, 0.15) is 12.7 Å². The van der Waals surface area contributed by atoms with E-state index in [1.165, 1.54) is 18.7 Å². The first-order valence-electron chi connectivity index (χ1n) is 6.41. The highest BCUT2D eigenvalue weighted by Crippen LogP contribution is 2.15. The molecular formula is C15H16N2O3S. The summed E-state index contributed by atoms with van der Waals surface area (Å²) in [5, 5.41) is 5.47. The molecule has 0 radical (unpaired) electrons. The Kier molecular flexibility index (Phi) is 5.45. The largest absolute Gasteiger partial charge is 0.468 e. The molecule has 1 aromatic carbocycles. The maximum absolute atomic E-state index is 11.8. The van der Waals surface area contributed by atoms with Gasteiger partial charge in [-0.2, -0.15) is 0 Å². The zero-order valence-corrected chi connectivity index (χ0v) is 12.4. The normalized spacial score (nSPS) is 10.1. The lowest BCUT2D eigenvalue weighted by Crippen LogP contribution is -2.14. The van der Waals surface area contributed by atoms with Gasteiger partial charge in [0.15, 0.2) is 0 Å². The van der Waals surface area contributed by atoms with Crippen LogP contribution in [0, 0.1) is 0 Å². The first-order chi connectivity index (χ1) is 10.1. The molecule has 0 spiro atoms. The summed E-state index contributed by atoms with van der Waals surface area (Å²) in [6.45, 7) is 1.45. The number of nitrogens with one attached hydrogen (secondary N) is 2. The third-order valence-electron chi connectivity index (χ3n) is 2.55. The molecule has 0 aliphatic carbocycles. The van der Waals surface area contributed by atoms with Gasteiger partial charge in [-0.05, 0) is 36.4 Å². The summed E-state index contributed by atoms with van der Waals surface area (Å²) in [6.07, 6.45) is 1.62. The Bertz CT molecular complexity index is 594. The van der Waals surface area contributed by atoms with E-state index in [2.05, 4.69) is 10.6 Å². The molecule has 0 aliphatic heterocycles. The Morgan fingerprint density at radius 2 is 1.76 bits per heavy atom. The van der Waals surface area contributed by atoms with Gasteiger partial charge < -0.3 is 15.1 Å². The van der Waals surface area contributed by atoms with Crippen molar-refractivity contribution in [2.75, 3.05) is 16.4 Å². The molecule has 0 unspecified atom stereocenters. The molecule has 5 nitrogen and oxygen atoms in total. The smallest absolute Gasteiger partial charge is 0.234 e. The maximum Gasteiger partial charge on any atom is 0.234 e. The number of furan rings is 1.